The van der Waals surface area contributed by atoms with E-state index < -0.39 is 14.9 Å². The molecule has 0 bridgehead atoms. The number of nitrogens with one attached hydrogen (secondary N) is 1. The molecule has 0 atom stereocenters. The molecule has 9 nitrogen and oxygen atoms in total. The number of anilines is 2. The standard InChI is InChI=1S/C20H19N5O4S/c26-25(27)17-6-8-18(9-7-17)30(28,29)23-16-5-3-4-15(14-16)19-10-11-20(22-21-19)24-12-1-2-13-24/h3-11,14,23H,1-2,12-13H2. The summed E-state index contributed by atoms with van der Waals surface area (Å²) in [5.74, 6) is 0.839. The van der Waals surface area contributed by atoms with E-state index in [1.54, 1.807) is 18.2 Å². The summed E-state index contributed by atoms with van der Waals surface area (Å²) in [4.78, 5) is 12.3. The van der Waals surface area contributed by atoms with Crippen LogP contribution in [0.25, 0.3) is 11.3 Å². The number of sulfonamides is 1. The number of rotatable bonds is 6. The van der Waals surface area contributed by atoms with Gasteiger partial charge < -0.3 is 4.90 Å². The van der Waals surface area contributed by atoms with Crippen molar-refractivity contribution in [2.45, 2.75) is 17.7 Å². The average molecular weight is 425 g/mol. The van der Waals surface area contributed by atoms with Gasteiger partial charge in [-0.3, -0.25) is 14.8 Å². The number of nitrogens with zero attached hydrogens (tertiary/aromatic N) is 4. The molecule has 2 heterocycles. The Labute approximate surface area is 173 Å². The quantitative estimate of drug-likeness (QED) is 0.474. The first-order valence-electron chi connectivity index (χ1n) is 9.39. The third kappa shape index (κ3) is 4.23. The molecule has 0 amide bonds. The summed E-state index contributed by atoms with van der Waals surface area (Å²) in [6, 6.07) is 15.3. The molecule has 1 aromatic heterocycles. The summed E-state index contributed by atoms with van der Waals surface area (Å²) in [5.41, 5.74) is 1.54. The maximum Gasteiger partial charge on any atom is 0.269 e. The monoisotopic (exact) mass is 425 g/mol. The second-order valence-corrected chi connectivity index (χ2v) is 8.59. The predicted molar refractivity (Wildman–Crippen MR) is 113 cm³/mol. The first kappa shape index (κ1) is 19.8. The molecule has 10 heteroatoms. The van der Waals surface area contributed by atoms with Crippen LogP contribution in [0.2, 0.25) is 0 Å². The van der Waals surface area contributed by atoms with Crippen LogP contribution in [0, 0.1) is 10.1 Å². The van der Waals surface area contributed by atoms with Crippen molar-refractivity contribution in [2.24, 2.45) is 0 Å². The van der Waals surface area contributed by atoms with Gasteiger partial charge in [0.05, 0.1) is 15.5 Å². The molecule has 1 aliphatic rings. The minimum Gasteiger partial charge on any atom is -0.355 e. The van der Waals surface area contributed by atoms with Crippen LogP contribution < -0.4 is 9.62 Å². The molecule has 0 saturated carbocycles. The Hall–Kier alpha value is -3.53. The largest absolute Gasteiger partial charge is 0.355 e. The van der Waals surface area contributed by atoms with Crippen LogP contribution >= 0.6 is 0 Å². The van der Waals surface area contributed by atoms with Crippen molar-refractivity contribution >= 4 is 27.2 Å². The van der Waals surface area contributed by atoms with Gasteiger partial charge in [-0.05, 0) is 49.2 Å². The lowest BCUT2D eigenvalue weighted by Gasteiger charge is -2.15. The summed E-state index contributed by atoms with van der Waals surface area (Å²) < 4.78 is 27.7. The minimum atomic E-state index is -3.89. The van der Waals surface area contributed by atoms with Crippen molar-refractivity contribution in [1.82, 2.24) is 10.2 Å². The second-order valence-electron chi connectivity index (χ2n) is 6.91. The van der Waals surface area contributed by atoms with Crippen molar-refractivity contribution in [3.05, 3.63) is 70.8 Å². The summed E-state index contributed by atoms with van der Waals surface area (Å²) >= 11 is 0. The molecule has 1 fully saturated rings. The van der Waals surface area contributed by atoms with E-state index >= 15 is 0 Å². The Morgan fingerprint density at radius 2 is 1.70 bits per heavy atom. The second kappa shape index (κ2) is 8.07. The SMILES string of the molecule is O=[N+]([O-])c1ccc(S(=O)(=O)Nc2cccc(-c3ccc(N4CCCC4)nn3)c2)cc1. The average Bonchev–Trinajstić information content (AvgIpc) is 3.29. The molecule has 0 radical (unpaired) electrons. The lowest BCUT2D eigenvalue weighted by atomic mass is 10.1. The Kier molecular flexibility index (Phi) is 5.32. The van der Waals surface area contributed by atoms with Gasteiger partial charge in [0.25, 0.3) is 15.7 Å². The van der Waals surface area contributed by atoms with Gasteiger partial charge >= 0.3 is 0 Å². The number of nitro groups is 1. The fraction of sp³-hybridized carbons (Fsp3) is 0.200. The highest BCUT2D eigenvalue weighted by molar-refractivity contribution is 7.92. The number of aromatic nitrogens is 2. The maximum atomic E-state index is 12.6. The van der Waals surface area contributed by atoms with Gasteiger partial charge in [-0.15, -0.1) is 10.2 Å². The van der Waals surface area contributed by atoms with E-state index in [0.717, 1.165) is 49.4 Å². The van der Waals surface area contributed by atoms with E-state index in [0.29, 0.717) is 11.4 Å². The smallest absolute Gasteiger partial charge is 0.269 e. The number of non-ortho nitro benzene ring substituents is 1. The Morgan fingerprint density at radius 3 is 2.33 bits per heavy atom. The zero-order valence-electron chi connectivity index (χ0n) is 15.9. The topological polar surface area (TPSA) is 118 Å². The van der Waals surface area contributed by atoms with Crippen molar-refractivity contribution in [3.63, 3.8) is 0 Å². The number of hydrogen-bond donors (Lipinski definition) is 1. The summed E-state index contributed by atoms with van der Waals surface area (Å²) in [6.07, 6.45) is 2.31. The van der Waals surface area contributed by atoms with Gasteiger partial charge in [0.15, 0.2) is 5.82 Å². The third-order valence-electron chi connectivity index (χ3n) is 4.85. The van der Waals surface area contributed by atoms with Crippen LogP contribution in [-0.2, 0) is 10.0 Å². The third-order valence-corrected chi connectivity index (χ3v) is 6.25. The lowest BCUT2D eigenvalue weighted by molar-refractivity contribution is -0.384. The number of hydrogen-bond acceptors (Lipinski definition) is 7. The van der Waals surface area contributed by atoms with E-state index in [1.165, 1.54) is 12.1 Å². The fourth-order valence-corrected chi connectivity index (χ4v) is 4.35. The molecule has 0 aliphatic carbocycles. The first-order valence-corrected chi connectivity index (χ1v) is 10.9. The predicted octanol–water partition coefficient (Wildman–Crippen LogP) is 3.45. The highest BCUT2D eigenvalue weighted by Crippen LogP contribution is 2.25. The Bertz CT molecular complexity index is 1160. The molecule has 1 saturated heterocycles. The van der Waals surface area contributed by atoms with Gasteiger partial charge in [-0.25, -0.2) is 8.42 Å². The molecular formula is C20H19N5O4S. The Balaban J connectivity index is 1.53. The van der Waals surface area contributed by atoms with Crippen molar-refractivity contribution in [1.29, 1.82) is 0 Å². The van der Waals surface area contributed by atoms with Crippen LogP contribution in [0.5, 0.6) is 0 Å². The van der Waals surface area contributed by atoms with E-state index in [4.69, 9.17) is 0 Å². The molecule has 4 rings (SSSR count). The maximum absolute atomic E-state index is 12.6. The van der Waals surface area contributed by atoms with Crippen LogP contribution in [0.3, 0.4) is 0 Å². The Morgan fingerprint density at radius 1 is 0.967 bits per heavy atom. The molecule has 1 aliphatic heterocycles. The first-order chi connectivity index (χ1) is 14.4. The van der Waals surface area contributed by atoms with E-state index in [2.05, 4.69) is 19.8 Å². The molecule has 154 valence electrons. The van der Waals surface area contributed by atoms with Gasteiger partial charge in [-0.1, -0.05) is 12.1 Å². The van der Waals surface area contributed by atoms with Crippen molar-refractivity contribution < 1.29 is 13.3 Å². The molecule has 0 spiro atoms. The van der Waals surface area contributed by atoms with Crippen LogP contribution in [0.4, 0.5) is 17.2 Å². The highest BCUT2D eigenvalue weighted by atomic mass is 32.2. The number of benzene rings is 2. The number of nitro benzene ring substituents is 1. The lowest BCUT2D eigenvalue weighted by Crippen LogP contribution is -2.19. The van der Waals surface area contributed by atoms with Crippen molar-refractivity contribution in [2.75, 3.05) is 22.7 Å². The van der Waals surface area contributed by atoms with E-state index in [-0.39, 0.29) is 10.6 Å². The van der Waals surface area contributed by atoms with Crippen LogP contribution in [0.15, 0.2) is 65.6 Å². The van der Waals surface area contributed by atoms with Gasteiger partial charge in [0.1, 0.15) is 0 Å². The molecule has 2 aromatic carbocycles. The van der Waals surface area contributed by atoms with E-state index in [9.17, 15) is 18.5 Å². The molecule has 30 heavy (non-hydrogen) atoms. The summed E-state index contributed by atoms with van der Waals surface area (Å²) in [6.45, 7) is 1.96. The minimum absolute atomic E-state index is 0.0618. The van der Waals surface area contributed by atoms with Crippen LogP contribution in [0.1, 0.15) is 12.8 Å². The van der Waals surface area contributed by atoms with Crippen LogP contribution in [-0.4, -0.2) is 36.6 Å². The molecular weight excluding hydrogens is 406 g/mol. The van der Waals surface area contributed by atoms with Gasteiger partial charge in [-0.2, -0.15) is 0 Å². The highest BCUT2D eigenvalue weighted by Gasteiger charge is 2.17. The van der Waals surface area contributed by atoms with Gasteiger partial charge in [0, 0.05) is 36.5 Å². The van der Waals surface area contributed by atoms with Gasteiger partial charge in [0.2, 0.25) is 0 Å². The zero-order valence-corrected chi connectivity index (χ0v) is 16.7. The normalized spacial score (nSPS) is 13.9. The van der Waals surface area contributed by atoms with Crippen molar-refractivity contribution in [3.8, 4) is 11.3 Å². The fourth-order valence-electron chi connectivity index (χ4n) is 3.30. The zero-order chi connectivity index (χ0) is 21.1. The van der Waals surface area contributed by atoms with E-state index in [1.807, 2.05) is 18.2 Å². The molecule has 3 aromatic rings. The summed E-state index contributed by atoms with van der Waals surface area (Å²) in [7, 11) is -3.89. The molecule has 0 unspecified atom stereocenters. The summed E-state index contributed by atoms with van der Waals surface area (Å²) in [5, 5.41) is 19.3. The molecule has 1 N–H and O–H groups in total.